The molecular formula is C21H31N3O4. The van der Waals surface area contributed by atoms with E-state index in [1.165, 1.54) is 0 Å². The van der Waals surface area contributed by atoms with Crippen LogP contribution in [0.25, 0.3) is 0 Å². The standard InChI is InChI=1S/C21H31N3O4/c1-27-15-14-24-11-8-18(21(24)26)22-9-5-10-23(13-12-22)20(25)16-17-6-3-4-7-19(17)28-2/h3-4,6-7,18H,5,8-16H2,1-2H3/t18-/m1/s1. The third-order valence-corrected chi connectivity index (χ3v) is 5.69. The maximum Gasteiger partial charge on any atom is 0.240 e. The van der Waals surface area contributed by atoms with Crippen LogP contribution in [0, 0.1) is 0 Å². The molecule has 0 radical (unpaired) electrons. The van der Waals surface area contributed by atoms with Crippen molar-refractivity contribution in [2.45, 2.75) is 25.3 Å². The molecule has 3 rings (SSSR count). The predicted molar refractivity (Wildman–Crippen MR) is 106 cm³/mol. The molecule has 1 aromatic rings. The summed E-state index contributed by atoms with van der Waals surface area (Å²) in [4.78, 5) is 31.6. The predicted octanol–water partition coefficient (Wildman–Crippen LogP) is 1.02. The molecule has 2 heterocycles. The van der Waals surface area contributed by atoms with Crippen LogP contribution in [0.5, 0.6) is 5.75 Å². The van der Waals surface area contributed by atoms with E-state index in [9.17, 15) is 9.59 Å². The van der Waals surface area contributed by atoms with Gasteiger partial charge in [-0.15, -0.1) is 0 Å². The van der Waals surface area contributed by atoms with Crippen LogP contribution in [0.1, 0.15) is 18.4 Å². The quantitative estimate of drug-likeness (QED) is 0.697. The van der Waals surface area contributed by atoms with Crippen molar-refractivity contribution in [1.29, 1.82) is 0 Å². The van der Waals surface area contributed by atoms with E-state index in [0.717, 1.165) is 50.3 Å². The van der Waals surface area contributed by atoms with Gasteiger partial charge in [-0.25, -0.2) is 0 Å². The zero-order valence-corrected chi connectivity index (χ0v) is 16.9. The van der Waals surface area contributed by atoms with E-state index in [-0.39, 0.29) is 17.9 Å². The first-order chi connectivity index (χ1) is 13.6. The Hall–Kier alpha value is -2.12. The number of hydrogen-bond acceptors (Lipinski definition) is 5. The highest BCUT2D eigenvalue weighted by Gasteiger charge is 2.36. The molecule has 1 aromatic carbocycles. The lowest BCUT2D eigenvalue weighted by molar-refractivity contribution is -0.132. The van der Waals surface area contributed by atoms with Gasteiger partial charge >= 0.3 is 0 Å². The zero-order chi connectivity index (χ0) is 19.9. The first-order valence-corrected chi connectivity index (χ1v) is 10.1. The fourth-order valence-corrected chi connectivity index (χ4v) is 4.11. The first-order valence-electron chi connectivity index (χ1n) is 10.1. The van der Waals surface area contributed by atoms with Crippen LogP contribution >= 0.6 is 0 Å². The van der Waals surface area contributed by atoms with E-state index < -0.39 is 0 Å². The van der Waals surface area contributed by atoms with Crippen molar-refractivity contribution in [3.05, 3.63) is 29.8 Å². The summed E-state index contributed by atoms with van der Waals surface area (Å²) in [5, 5.41) is 0. The number of amides is 2. The molecule has 0 unspecified atom stereocenters. The Morgan fingerprint density at radius 3 is 2.71 bits per heavy atom. The second kappa shape index (κ2) is 9.89. The number of benzene rings is 1. The Balaban J connectivity index is 1.55. The van der Waals surface area contributed by atoms with E-state index in [1.807, 2.05) is 34.1 Å². The summed E-state index contributed by atoms with van der Waals surface area (Å²) < 4.78 is 10.5. The van der Waals surface area contributed by atoms with Crippen molar-refractivity contribution < 1.29 is 19.1 Å². The van der Waals surface area contributed by atoms with Crippen LogP contribution in [-0.4, -0.2) is 92.7 Å². The monoisotopic (exact) mass is 389 g/mol. The van der Waals surface area contributed by atoms with E-state index in [0.29, 0.717) is 26.1 Å². The Labute approximate surface area is 167 Å². The molecule has 2 saturated heterocycles. The number of hydrogen-bond donors (Lipinski definition) is 0. The summed E-state index contributed by atoms with van der Waals surface area (Å²) in [5.74, 6) is 1.07. The number of ether oxygens (including phenoxy) is 2. The van der Waals surface area contributed by atoms with Gasteiger partial charge in [-0.1, -0.05) is 18.2 Å². The van der Waals surface area contributed by atoms with Gasteiger partial charge in [-0.05, 0) is 18.9 Å². The molecule has 28 heavy (non-hydrogen) atoms. The Morgan fingerprint density at radius 2 is 1.93 bits per heavy atom. The molecule has 0 spiro atoms. The number of para-hydroxylation sites is 1. The van der Waals surface area contributed by atoms with Crippen LogP contribution in [-0.2, 0) is 20.7 Å². The van der Waals surface area contributed by atoms with Crippen molar-refractivity contribution in [3.8, 4) is 5.75 Å². The number of carbonyl (C=O) groups excluding carboxylic acids is 2. The zero-order valence-electron chi connectivity index (χ0n) is 16.9. The topological polar surface area (TPSA) is 62.3 Å². The number of rotatable bonds is 7. The third kappa shape index (κ3) is 4.83. The van der Waals surface area contributed by atoms with Crippen molar-refractivity contribution in [2.24, 2.45) is 0 Å². The molecule has 2 aliphatic heterocycles. The first kappa shape index (κ1) is 20.6. The van der Waals surface area contributed by atoms with Gasteiger partial charge in [-0.3, -0.25) is 14.5 Å². The van der Waals surface area contributed by atoms with E-state index in [4.69, 9.17) is 9.47 Å². The highest BCUT2D eigenvalue weighted by atomic mass is 16.5. The molecular weight excluding hydrogens is 358 g/mol. The molecule has 0 saturated carbocycles. The number of nitrogens with zero attached hydrogens (tertiary/aromatic N) is 3. The Bertz CT molecular complexity index is 681. The molecule has 2 fully saturated rings. The van der Waals surface area contributed by atoms with Gasteiger partial charge < -0.3 is 19.3 Å². The minimum absolute atomic E-state index is 0.0545. The van der Waals surface area contributed by atoms with E-state index in [1.54, 1.807) is 14.2 Å². The van der Waals surface area contributed by atoms with Gasteiger partial charge in [0.25, 0.3) is 0 Å². The summed E-state index contributed by atoms with van der Waals surface area (Å²) >= 11 is 0. The van der Waals surface area contributed by atoms with Gasteiger partial charge in [0.15, 0.2) is 0 Å². The van der Waals surface area contributed by atoms with Crippen LogP contribution < -0.4 is 4.74 Å². The Kier molecular flexibility index (Phi) is 7.28. The second-order valence-electron chi connectivity index (χ2n) is 7.38. The number of carbonyl (C=O) groups is 2. The summed E-state index contributed by atoms with van der Waals surface area (Å²) in [6.07, 6.45) is 2.09. The summed E-state index contributed by atoms with van der Waals surface area (Å²) in [7, 11) is 3.28. The molecule has 1 atom stereocenters. The molecule has 0 aromatic heterocycles. The van der Waals surface area contributed by atoms with E-state index in [2.05, 4.69) is 4.90 Å². The number of methoxy groups -OCH3 is 2. The molecule has 2 amide bonds. The van der Waals surface area contributed by atoms with Crippen LogP contribution in [0.3, 0.4) is 0 Å². The van der Waals surface area contributed by atoms with Gasteiger partial charge in [-0.2, -0.15) is 0 Å². The molecule has 0 bridgehead atoms. The average molecular weight is 389 g/mol. The van der Waals surface area contributed by atoms with Crippen molar-refractivity contribution in [2.75, 3.05) is 60.1 Å². The van der Waals surface area contributed by atoms with E-state index >= 15 is 0 Å². The molecule has 7 heteroatoms. The fourth-order valence-electron chi connectivity index (χ4n) is 4.11. The SMILES string of the molecule is COCCN1CC[C@@H](N2CCCN(C(=O)Cc3ccccc3OC)CC2)C1=O. The minimum atomic E-state index is -0.0545. The highest BCUT2D eigenvalue weighted by molar-refractivity contribution is 5.84. The molecule has 0 N–H and O–H groups in total. The smallest absolute Gasteiger partial charge is 0.240 e. The lowest BCUT2D eigenvalue weighted by Crippen LogP contribution is -2.44. The Morgan fingerprint density at radius 1 is 1.11 bits per heavy atom. The summed E-state index contributed by atoms with van der Waals surface area (Å²) in [6.45, 7) is 5.01. The summed E-state index contributed by atoms with van der Waals surface area (Å²) in [6, 6.07) is 7.60. The minimum Gasteiger partial charge on any atom is -0.496 e. The van der Waals surface area contributed by atoms with Crippen LogP contribution in [0.2, 0.25) is 0 Å². The number of likely N-dealkylation sites (tertiary alicyclic amines) is 1. The van der Waals surface area contributed by atoms with Gasteiger partial charge in [0.05, 0.1) is 26.2 Å². The van der Waals surface area contributed by atoms with Crippen molar-refractivity contribution in [3.63, 3.8) is 0 Å². The van der Waals surface area contributed by atoms with Gasteiger partial charge in [0.2, 0.25) is 11.8 Å². The summed E-state index contributed by atoms with van der Waals surface area (Å²) in [5.41, 5.74) is 0.913. The molecule has 7 nitrogen and oxygen atoms in total. The second-order valence-corrected chi connectivity index (χ2v) is 7.38. The lowest BCUT2D eigenvalue weighted by Gasteiger charge is -2.26. The molecule has 0 aliphatic carbocycles. The van der Waals surface area contributed by atoms with Crippen molar-refractivity contribution in [1.82, 2.24) is 14.7 Å². The van der Waals surface area contributed by atoms with Crippen LogP contribution in [0.4, 0.5) is 0 Å². The average Bonchev–Trinajstić information content (AvgIpc) is 2.92. The maximum absolute atomic E-state index is 12.8. The fraction of sp³-hybridized carbons (Fsp3) is 0.619. The van der Waals surface area contributed by atoms with Gasteiger partial charge in [0, 0.05) is 51.9 Å². The molecule has 154 valence electrons. The largest absolute Gasteiger partial charge is 0.496 e. The third-order valence-electron chi connectivity index (χ3n) is 5.69. The van der Waals surface area contributed by atoms with Crippen molar-refractivity contribution >= 4 is 11.8 Å². The lowest BCUT2D eigenvalue weighted by atomic mass is 10.1. The van der Waals surface area contributed by atoms with Crippen LogP contribution in [0.15, 0.2) is 24.3 Å². The molecule has 2 aliphatic rings. The van der Waals surface area contributed by atoms with Gasteiger partial charge in [0.1, 0.15) is 5.75 Å². The maximum atomic E-state index is 12.8. The highest BCUT2D eigenvalue weighted by Crippen LogP contribution is 2.21. The normalized spacial score (nSPS) is 21.1.